The number of hydrazine groups is 1. The number of thioether (sulfide) groups is 1. The molecule has 1 aromatic rings. The van der Waals surface area contributed by atoms with Gasteiger partial charge >= 0.3 is 12.1 Å². The Hall–Kier alpha value is -2.92. The number of aliphatic imine (C=N–C) groups is 1. The van der Waals surface area contributed by atoms with Crippen LogP contribution < -0.4 is 15.5 Å². The second kappa shape index (κ2) is 13.6. The van der Waals surface area contributed by atoms with Crippen LogP contribution in [0.4, 0.5) is 9.18 Å². The third-order valence-electron chi connectivity index (χ3n) is 4.47. The van der Waals surface area contributed by atoms with Crippen LogP contribution in [-0.2, 0) is 14.3 Å². The maximum atomic E-state index is 13.7. The average Bonchev–Trinajstić information content (AvgIpc) is 3.20. The molecule has 2 amide bonds. The van der Waals surface area contributed by atoms with E-state index in [4.69, 9.17) is 4.74 Å². The van der Waals surface area contributed by atoms with E-state index in [0.717, 1.165) is 32.0 Å². The minimum atomic E-state index is -0.796. The van der Waals surface area contributed by atoms with E-state index in [2.05, 4.69) is 20.5 Å². The Bertz CT molecular complexity index is 916. The van der Waals surface area contributed by atoms with Gasteiger partial charge in [0.05, 0.1) is 12.0 Å². The fourth-order valence-corrected chi connectivity index (χ4v) is 3.79. The minimum Gasteiger partial charge on any atom is -0.469 e. The van der Waals surface area contributed by atoms with E-state index in [0.29, 0.717) is 22.1 Å². The number of hydrogen-bond acceptors (Lipinski definition) is 8. The number of carbonyl (C=O) groups is 3. The molecule has 0 aliphatic carbocycles. The number of hydrogen-bond donors (Lipinski definition) is 2. The van der Waals surface area contributed by atoms with Gasteiger partial charge in [0.15, 0.2) is 5.17 Å². The van der Waals surface area contributed by atoms with Crippen molar-refractivity contribution in [3.05, 3.63) is 34.5 Å². The summed E-state index contributed by atoms with van der Waals surface area (Å²) in [6.45, 7) is 5.76. The van der Waals surface area contributed by atoms with Crippen LogP contribution in [0.15, 0.2) is 28.1 Å². The number of ether oxygens (including phenoxy) is 2. The quantitative estimate of drug-likeness (QED) is 0.362. The highest BCUT2D eigenvalue weighted by atomic mass is 32.2. The zero-order valence-corrected chi connectivity index (χ0v) is 19.8. The topological polar surface area (TPSA) is 109 Å². The molecule has 11 heteroatoms. The molecule has 0 aromatic heterocycles. The molecule has 0 bridgehead atoms. The maximum Gasteiger partial charge on any atom is 0.412 e. The SMILES string of the molecule is CC.COC(=O)CCCNC(=O)Oc1cc(F)ccc1/C=C1\SC(N2CCCCN2)=NC1=O. The number of halogens is 1. The van der Waals surface area contributed by atoms with Gasteiger partial charge in [0, 0.05) is 37.7 Å². The normalized spacial score (nSPS) is 16.6. The predicted octanol–water partition coefficient (Wildman–Crippen LogP) is 3.46. The van der Waals surface area contributed by atoms with E-state index in [1.165, 1.54) is 37.1 Å². The highest BCUT2D eigenvalue weighted by Crippen LogP contribution is 2.32. The Morgan fingerprint density at radius 3 is 2.82 bits per heavy atom. The largest absolute Gasteiger partial charge is 0.469 e. The molecule has 33 heavy (non-hydrogen) atoms. The summed E-state index contributed by atoms with van der Waals surface area (Å²) >= 11 is 1.20. The first-order valence-electron chi connectivity index (χ1n) is 10.8. The standard InChI is InChI=1S/C20H23FN4O5S.C2H6/c1-29-17(26)5-4-8-22-20(28)30-15-12-14(21)7-6-13(15)11-16-18(27)24-19(31-16)25-10-3-2-9-23-25;1-2/h6-7,11-12,23H,2-5,8-10H2,1H3,(H,22,28);1-2H3/b16-11-;. The van der Waals surface area contributed by atoms with Crippen molar-refractivity contribution in [1.82, 2.24) is 15.8 Å². The summed E-state index contributed by atoms with van der Waals surface area (Å²) in [5, 5.41) is 4.89. The number of benzene rings is 1. The van der Waals surface area contributed by atoms with Crippen molar-refractivity contribution in [1.29, 1.82) is 0 Å². The van der Waals surface area contributed by atoms with Gasteiger partial charge < -0.3 is 14.8 Å². The van der Waals surface area contributed by atoms with Crippen molar-refractivity contribution >= 4 is 41.0 Å². The molecule has 180 valence electrons. The Kier molecular flexibility index (Phi) is 10.8. The first-order chi connectivity index (χ1) is 16.0. The van der Waals surface area contributed by atoms with E-state index in [1.807, 2.05) is 18.9 Å². The van der Waals surface area contributed by atoms with Crippen LogP contribution in [0.1, 0.15) is 45.1 Å². The van der Waals surface area contributed by atoms with Gasteiger partial charge in [0.25, 0.3) is 5.91 Å². The molecule has 2 N–H and O–H groups in total. The summed E-state index contributed by atoms with van der Waals surface area (Å²) in [4.78, 5) is 39.9. The fourth-order valence-electron chi connectivity index (χ4n) is 2.88. The van der Waals surface area contributed by atoms with Gasteiger partial charge in [0.1, 0.15) is 11.6 Å². The van der Waals surface area contributed by atoms with Gasteiger partial charge in [0.2, 0.25) is 0 Å². The molecule has 0 atom stereocenters. The van der Waals surface area contributed by atoms with E-state index < -0.39 is 17.8 Å². The van der Waals surface area contributed by atoms with Gasteiger partial charge in [-0.15, -0.1) is 0 Å². The van der Waals surface area contributed by atoms with Gasteiger partial charge in [-0.05, 0) is 49.2 Å². The van der Waals surface area contributed by atoms with Crippen molar-refractivity contribution in [3.8, 4) is 5.75 Å². The van der Waals surface area contributed by atoms with E-state index in [9.17, 15) is 18.8 Å². The lowest BCUT2D eigenvalue weighted by atomic mass is 10.2. The second-order valence-corrected chi connectivity index (χ2v) is 7.76. The Balaban J connectivity index is 0.00000187. The highest BCUT2D eigenvalue weighted by molar-refractivity contribution is 8.18. The molecule has 0 saturated carbocycles. The molecule has 1 saturated heterocycles. The lowest BCUT2D eigenvalue weighted by Crippen LogP contribution is -2.45. The van der Waals surface area contributed by atoms with Gasteiger partial charge in [-0.3, -0.25) is 14.6 Å². The van der Waals surface area contributed by atoms with Crippen molar-refractivity contribution in [3.63, 3.8) is 0 Å². The third kappa shape index (κ3) is 8.17. The number of nitrogens with zero attached hydrogens (tertiary/aromatic N) is 2. The average molecular weight is 481 g/mol. The van der Waals surface area contributed by atoms with Crippen LogP contribution in [-0.4, -0.2) is 54.9 Å². The van der Waals surface area contributed by atoms with Crippen molar-refractivity contribution in [2.75, 3.05) is 26.7 Å². The molecule has 3 rings (SSSR count). The van der Waals surface area contributed by atoms with Crippen LogP contribution in [0.2, 0.25) is 0 Å². The van der Waals surface area contributed by atoms with Crippen LogP contribution >= 0.6 is 11.8 Å². The smallest absolute Gasteiger partial charge is 0.412 e. The summed E-state index contributed by atoms with van der Waals surface area (Å²) in [7, 11) is 1.29. The molecular formula is C22H29FN4O5S. The van der Waals surface area contributed by atoms with Gasteiger partial charge in [-0.2, -0.15) is 4.99 Å². The molecule has 2 heterocycles. The molecule has 2 aliphatic rings. The number of amidine groups is 1. The zero-order valence-electron chi connectivity index (χ0n) is 19.0. The molecule has 1 fully saturated rings. The molecule has 0 radical (unpaired) electrons. The number of nitrogens with one attached hydrogen (secondary N) is 2. The minimum absolute atomic E-state index is 0.0316. The van der Waals surface area contributed by atoms with E-state index in [1.54, 1.807) is 0 Å². The van der Waals surface area contributed by atoms with E-state index in [-0.39, 0.29) is 24.7 Å². The molecule has 9 nitrogen and oxygen atoms in total. The van der Waals surface area contributed by atoms with Crippen LogP contribution in [0.3, 0.4) is 0 Å². The number of carbonyl (C=O) groups excluding carboxylic acids is 3. The predicted molar refractivity (Wildman–Crippen MR) is 125 cm³/mol. The second-order valence-electron chi connectivity index (χ2n) is 6.76. The van der Waals surface area contributed by atoms with Crippen molar-refractivity contribution < 1.29 is 28.2 Å². The highest BCUT2D eigenvalue weighted by Gasteiger charge is 2.27. The first-order valence-corrected chi connectivity index (χ1v) is 11.6. The Morgan fingerprint density at radius 2 is 2.12 bits per heavy atom. The van der Waals surface area contributed by atoms with Gasteiger partial charge in [-0.25, -0.2) is 14.6 Å². The number of amides is 2. The van der Waals surface area contributed by atoms with Crippen LogP contribution in [0.25, 0.3) is 6.08 Å². The molecule has 1 aromatic carbocycles. The van der Waals surface area contributed by atoms with Crippen molar-refractivity contribution in [2.45, 2.75) is 39.5 Å². The molecule has 0 spiro atoms. The number of rotatable bonds is 6. The molecular weight excluding hydrogens is 451 g/mol. The van der Waals surface area contributed by atoms with E-state index >= 15 is 0 Å². The van der Waals surface area contributed by atoms with Gasteiger partial charge in [-0.1, -0.05) is 13.8 Å². The summed E-state index contributed by atoms with van der Waals surface area (Å²) in [6, 6.07) is 3.71. The van der Waals surface area contributed by atoms with Crippen LogP contribution in [0, 0.1) is 5.82 Å². The lowest BCUT2D eigenvalue weighted by molar-refractivity contribution is -0.140. The number of methoxy groups -OCH3 is 1. The number of esters is 1. The summed E-state index contributed by atoms with van der Waals surface area (Å²) in [6.07, 6.45) is 3.32. The summed E-state index contributed by atoms with van der Waals surface area (Å²) in [5.41, 5.74) is 3.56. The first kappa shape index (κ1) is 26.3. The summed E-state index contributed by atoms with van der Waals surface area (Å²) < 4.78 is 23.5. The van der Waals surface area contributed by atoms with Crippen LogP contribution in [0.5, 0.6) is 5.75 Å². The lowest BCUT2D eigenvalue weighted by Gasteiger charge is -2.28. The Labute approximate surface area is 196 Å². The monoisotopic (exact) mass is 480 g/mol. The maximum absolute atomic E-state index is 13.7. The summed E-state index contributed by atoms with van der Waals surface area (Å²) in [5.74, 6) is -1.41. The molecule has 0 unspecified atom stereocenters. The van der Waals surface area contributed by atoms with Crippen molar-refractivity contribution in [2.24, 2.45) is 4.99 Å². The molecule has 2 aliphatic heterocycles. The fraction of sp³-hybridized carbons (Fsp3) is 0.455. The third-order valence-corrected chi connectivity index (χ3v) is 5.48. The zero-order chi connectivity index (χ0) is 24.2. The Morgan fingerprint density at radius 1 is 1.33 bits per heavy atom.